The summed E-state index contributed by atoms with van der Waals surface area (Å²) in [6.45, 7) is 0. The Labute approximate surface area is 94.3 Å². The maximum Gasteiger partial charge on any atom is 0.195 e. The molecule has 0 amide bonds. The monoisotopic (exact) mass is 267 g/mol. The number of hydrogen-bond acceptors (Lipinski definition) is 1. The number of H-pyrrole nitrogens is 1. The van der Waals surface area contributed by atoms with Gasteiger partial charge in [-0.25, -0.2) is 4.39 Å². The lowest BCUT2D eigenvalue weighted by Crippen LogP contribution is -2.01. The van der Waals surface area contributed by atoms with Crippen LogP contribution in [0.25, 0.3) is 0 Å². The average Bonchev–Trinajstić information content (AvgIpc) is 2.74. The van der Waals surface area contributed by atoms with Crippen LogP contribution >= 0.6 is 15.9 Å². The first-order valence-corrected chi connectivity index (χ1v) is 5.11. The highest BCUT2D eigenvalue weighted by Gasteiger charge is 2.14. The number of aromatic amines is 1. The van der Waals surface area contributed by atoms with Crippen molar-refractivity contribution in [2.75, 3.05) is 0 Å². The minimum atomic E-state index is -0.434. The third kappa shape index (κ3) is 1.85. The van der Waals surface area contributed by atoms with Gasteiger partial charge in [0.05, 0.1) is 4.47 Å². The molecular formula is C11H7BrFNO. The number of aromatic nitrogens is 1. The van der Waals surface area contributed by atoms with Gasteiger partial charge in [0.25, 0.3) is 0 Å². The van der Waals surface area contributed by atoms with Crippen molar-refractivity contribution in [2.45, 2.75) is 0 Å². The second-order valence-corrected chi connectivity index (χ2v) is 3.82. The van der Waals surface area contributed by atoms with Crippen LogP contribution in [0.1, 0.15) is 15.9 Å². The summed E-state index contributed by atoms with van der Waals surface area (Å²) >= 11 is 3.06. The number of benzene rings is 1. The Morgan fingerprint density at radius 3 is 2.80 bits per heavy atom. The Morgan fingerprint density at radius 1 is 1.33 bits per heavy atom. The molecule has 1 N–H and O–H groups in total. The molecule has 76 valence electrons. The largest absolute Gasteiger partial charge is 0.367 e. The Hall–Kier alpha value is -1.42. The molecular weight excluding hydrogens is 261 g/mol. The van der Waals surface area contributed by atoms with Crippen LogP contribution in [0, 0.1) is 5.82 Å². The zero-order chi connectivity index (χ0) is 10.8. The molecule has 0 unspecified atom stereocenters. The van der Waals surface area contributed by atoms with Crippen molar-refractivity contribution in [2.24, 2.45) is 0 Å². The number of halogens is 2. The first-order valence-electron chi connectivity index (χ1n) is 4.31. The molecule has 1 aromatic carbocycles. The molecule has 2 rings (SSSR count). The molecule has 0 aliphatic heterocycles. The Bertz CT molecular complexity index is 493. The molecule has 1 aromatic heterocycles. The van der Waals surface area contributed by atoms with Crippen LogP contribution in [0.3, 0.4) is 0 Å². The second kappa shape index (κ2) is 3.98. The lowest BCUT2D eigenvalue weighted by molar-refractivity contribution is 0.103. The molecule has 0 radical (unpaired) electrons. The Morgan fingerprint density at radius 2 is 2.13 bits per heavy atom. The predicted octanol–water partition coefficient (Wildman–Crippen LogP) is 3.15. The van der Waals surface area contributed by atoms with Gasteiger partial charge in [0.15, 0.2) is 5.78 Å². The summed E-state index contributed by atoms with van der Waals surface area (Å²) in [5.41, 5.74) is 0.843. The van der Waals surface area contributed by atoms with Crippen molar-refractivity contribution in [1.29, 1.82) is 0 Å². The van der Waals surface area contributed by atoms with E-state index in [9.17, 15) is 9.18 Å². The summed E-state index contributed by atoms with van der Waals surface area (Å²) in [5, 5.41) is 0. The van der Waals surface area contributed by atoms with Crippen molar-refractivity contribution in [1.82, 2.24) is 4.98 Å². The highest BCUT2D eigenvalue weighted by atomic mass is 79.9. The fraction of sp³-hybridized carbons (Fsp3) is 0. The number of hydrogen-bond donors (Lipinski definition) is 1. The van der Waals surface area contributed by atoms with Crippen molar-refractivity contribution >= 4 is 21.7 Å². The zero-order valence-electron chi connectivity index (χ0n) is 7.63. The highest BCUT2D eigenvalue weighted by Crippen LogP contribution is 2.22. The number of nitrogens with one attached hydrogen (secondary N) is 1. The molecule has 1 heterocycles. The SMILES string of the molecule is O=C(c1cc[nH]c1)c1cccc(F)c1Br. The predicted molar refractivity (Wildman–Crippen MR) is 58.3 cm³/mol. The van der Waals surface area contributed by atoms with Crippen molar-refractivity contribution in [3.8, 4) is 0 Å². The molecule has 0 atom stereocenters. The van der Waals surface area contributed by atoms with E-state index < -0.39 is 5.82 Å². The molecule has 0 aliphatic rings. The molecule has 0 fully saturated rings. The zero-order valence-corrected chi connectivity index (χ0v) is 9.21. The molecule has 0 saturated heterocycles. The lowest BCUT2D eigenvalue weighted by atomic mass is 10.1. The van der Waals surface area contributed by atoms with Crippen LogP contribution in [0.5, 0.6) is 0 Å². The van der Waals surface area contributed by atoms with Gasteiger partial charge in [0.1, 0.15) is 5.82 Å². The van der Waals surface area contributed by atoms with Crippen molar-refractivity contribution < 1.29 is 9.18 Å². The van der Waals surface area contributed by atoms with Crippen LogP contribution in [0.4, 0.5) is 4.39 Å². The standard InChI is InChI=1S/C11H7BrFNO/c12-10-8(2-1-3-9(10)13)11(15)7-4-5-14-6-7/h1-6,14H. The molecule has 2 nitrogen and oxygen atoms in total. The number of ketones is 1. The smallest absolute Gasteiger partial charge is 0.195 e. The van der Waals surface area contributed by atoms with E-state index in [2.05, 4.69) is 20.9 Å². The number of carbonyl (C=O) groups is 1. The summed E-state index contributed by atoms with van der Waals surface area (Å²) in [7, 11) is 0. The van der Waals surface area contributed by atoms with Gasteiger partial charge in [-0.3, -0.25) is 4.79 Å². The third-order valence-electron chi connectivity index (χ3n) is 2.06. The molecule has 2 aromatic rings. The van der Waals surface area contributed by atoms with Crippen LogP contribution in [-0.2, 0) is 0 Å². The summed E-state index contributed by atoms with van der Waals surface area (Å²) in [5.74, 6) is -0.640. The van der Waals surface area contributed by atoms with E-state index in [4.69, 9.17) is 0 Å². The van der Waals surface area contributed by atoms with E-state index in [0.29, 0.717) is 11.1 Å². The first-order chi connectivity index (χ1) is 7.20. The van der Waals surface area contributed by atoms with Crippen molar-refractivity contribution in [3.05, 3.63) is 58.1 Å². The summed E-state index contributed by atoms with van der Waals surface area (Å²) in [6.07, 6.45) is 3.24. The molecule has 4 heteroatoms. The van der Waals surface area contributed by atoms with E-state index >= 15 is 0 Å². The first kappa shape index (κ1) is 10.1. The van der Waals surface area contributed by atoms with Gasteiger partial charge >= 0.3 is 0 Å². The van der Waals surface area contributed by atoms with E-state index in [1.54, 1.807) is 24.5 Å². The van der Waals surface area contributed by atoms with Crippen LogP contribution < -0.4 is 0 Å². The summed E-state index contributed by atoms with van der Waals surface area (Å²) in [4.78, 5) is 14.6. The molecule has 0 saturated carbocycles. The summed E-state index contributed by atoms with van der Waals surface area (Å²) < 4.78 is 13.4. The minimum Gasteiger partial charge on any atom is -0.367 e. The normalized spacial score (nSPS) is 10.3. The van der Waals surface area contributed by atoms with Gasteiger partial charge < -0.3 is 4.98 Å². The van der Waals surface area contributed by atoms with Crippen LogP contribution in [0.2, 0.25) is 0 Å². The fourth-order valence-corrected chi connectivity index (χ4v) is 1.74. The summed E-state index contributed by atoms with van der Waals surface area (Å²) in [6, 6.07) is 6.06. The van der Waals surface area contributed by atoms with Crippen molar-refractivity contribution in [3.63, 3.8) is 0 Å². The van der Waals surface area contributed by atoms with Gasteiger partial charge in [-0.15, -0.1) is 0 Å². The van der Waals surface area contributed by atoms with Gasteiger partial charge in [0.2, 0.25) is 0 Å². The molecule has 0 spiro atoms. The molecule has 0 bridgehead atoms. The quantitative estimate of drug-likeness (QED) is 0.834. The van der Waals surface area contributed by atoms with E-state index in [0.717, 1.165) is 0 Å². The Kier molecular flexibility index (Phi) is 2.68. The van der Waals surface area contributed by atoms with E-state index in [-0.39, 0.29) is 10.3 Å². The fourth-order valence-electron chi connectivity index (χ4n) is 1.30. The minimum absolute atomic E-state index is 0.205. The van der Waals surface area contributed by atoms with Gasteiger partial charge in [-0.05, 0) is 34.1 Å². The second-order valence-electron chi connectivity index (χ2n) is 3.03. The van der Waals surface area contributed by atoms with Gasteiger partial charge in [-0.2, -0.15) is 0 Å². The van der Waals surface area contributed by atoms with E-state index in [1.165, 1.54) is 12.1 Å². The lowest BCUT2D eigenvalue weighted by Gasteiger charge is -2.02. The van der Waals surface area contributed by atoms with Crippen LogP contribution in [-0.4, -0.2) is 10.8 Å². The Balaban J connectivity index is 2.47. The maximum atomic E-state index is 13.2. The third-order valence-corrected chi connectivity index (χ3v) is 2.86. The number of rotatable bonds is 2. The highest BCUT2D eigenvalue weighted by molar-refractivity contribution is 9.10. The van der Waals surface area contributed by atoms with E-state index in [1.807, 2.05) is 0 Å². The van der Waals surface area contributed by atoms with Crippen LogP contribution in [0.15, 0.2) is 41.1 Å². The maximum absolute atomic E-state index is 13.2. The average molecular weight is 268 g/mol. The molecule has 0 aliphatic carbocycles. The van der Waals surface area contributed by atoms with Gasteiger partial charge in [0, 0.05) is 23.5 Å². The van der Waals surface area contributed by atoms with Gasteiger partial charge in [-0.1, -0.05) is 6.07 Å². The topological polar surface area (TPSA) is 32.9 Å². The molecule has 15 heavy (non-hydrogen) atoms. The number of carbonyl (C=O) groups excluding carboxylic acids is 1.